The molecule has 1 fully saturated rings. The maximum atomic E-state index is 11.8. The first kappa shape index (κ1) is 15.1. The van der Waals surface area contributed by atoms with Crippen molar-refractivity contribution in [3.63, 3.8) is 0 Å². The van der Waals surface area contributed by atoms with Crippen molar-refractivity contribution in [3.05, 3.63) is 52.7 Å². The summed E-state index contributed by atoms with van der Waals surface area (Å²) in [7, 11) is 0. The van der Waals surface area contributed by atoms with Crippen molar-refractivity contribution in [2.24, 2.45) is 5.92 Å². The third kappa shape index (κ3) is 3.25. The van der Waals surface area contributed by atoms with Crippen LogP contribution in [0.25, 0.3) is 5.65 Å². The monoisotopic (exact) mass is 339 g/mol. The first-order valence-electron chi connectivity index (χ1n) is 7.68. The largest absolute Gasteiger partial charge is 0.457 e. The predicted molar refractivity (Wildman–Crippen MR) is 87.5 cm³/mol. The van der Waals surface area contributed by atoms with Crippen molar-refractivity contribution < 1.29 is 14.5 Å². The highest BCUT2D eigenvalue weighted by Crippen LogP contribution is 2.30. The Balaban J connectivity index is 1.51. The van der Waals surface area contributed by atoms with E-state index >= 15 is 0 Å². The van der Waals surface area contributed by atoms with Crippen molar-refractivity contribution >= 4 is 23.2 Å². The van der Waals surface area contributed by atoms with Crippen LogP contribution in [0, 0.1) is 16.0 Å². The molecule has 0 saturated heterocycles. The molecule has 25 heavy (non-hydrogen) atoms. The minimum absolute atomic E-state index is 0.00342. The molecule has 4 rings (SSSR count). The molecular weight excluding hydrogens is 326 g/mol. The summed E-state index contributed by atoms with van der Waals surface area (Å²) >= 11 is 0. The number of nitro benzene ring substituents is 1. The molecule has 1 N–H and O–H groups in total. The lowest BCUT2D eigenvalue weighted by atomic mass is 10.3. The Labute approximate surface area is 141 Å². The van der Waals surface area contributed by atoms with Crippen molar-refractivity contribution in [1.82, 2.24) is 14.6 Å². The standard InChI is InChI=1S/C16H13N5O4/c22-15(10-1-2-10)18-16-17-14-9-13(7-8-20(14)19-16)25-12-5-3-11(4-6-12)21(23)24/h3-10H,1-2H2,(H,18,19,22). The van der Waals surface area contributed by atoms with Crippen LogP contribution in [0.15, 0.2) is 42.6 Å². The van der Waals surface area contributed by atoms with Crippen molar-refractivity contribution in [2.45, 2.75) is 12.8 Å². The molecule has 1 aliphatic rings. The second-order valence-electron chi connectivity index (χ2n) is 5.72. The van der Waals surface area contributed by atoms with Gasteiger partial charge in [-0.15, -0.1) is 5.10 Å². The minimum Gasteiger partial charge on any atom is -0.457 e. The topological polar surface area (TPSA) is 112 Å². The van der Waals surface area contributed by atoms with E-state index < -0.39 is 4.92 Å². The average Bonchev–Trinajstić information content (AvgIpc) is 3.36. The summed E-state index contributed by atoms with van der Waals surface area (Å²) in [5.41, 5.74) is 0.516. The molecule has 2 aromatic heterocycles. The normalized spacial score (nSPS) is 13.6. The molecule has 1 amide bonds. The Morgan fingerprint density at radius 3 is 2.68 bits per heavy atom. The molecule has 0 bridgehead atoms. The lowest BCUT2D eigenvalue weighted by molar-refractivity contribution is -0.384. The van der Waals surface area contributed by atoms with Crippen LogP contribution in [-0.2, 0) is 4.79 Å². The summed E-state index contributed by atoms with van der Waals surface area (Å²) in [5.74, 6) is 1.25. The first-order valence-corrected chi connectivity index (χ1v) is 7.68. The lowest BCUT2D eigenvalue weighted by Crippen LogP contribution is -2.14. The molecule has 0 spiro atoms. The number of amides is 1. The van der Waals surface area contributed by atoms with E-state index in [1.165, 1.54) is 28.8 Å². The third-order valence-corrected chi connectivity index (χ3v) is 3.78. The third-order valence-electron chi connectivity index (χ3n) is 3.78. The number of benzene rings is 1. The number of fused-ring (bicyclic) bond motifs is 1. The fourth-order valence-corrected chi connectivity index (χ4v) is 2.31. The van der Waals surface area contributed by atoms with Gasteiger partial charge in [0.25, 0.3) is 5.69 Å². The molecule has 0 radical (unpaired) electrons. The molecule has 2 heterocycles. The number of nitrogens with one attached hydrogen (secondary N) is 1. The van der Waals surface area contributed by atoms with E-state index in [1.807, 2.05) is 0 Å². The quantitative estimate of drug-likeness (QED) is 0.565. The molecule has 0 aliphatic heterocycles. The molecule has 0 unspecified atom stereocenters. The number of anilines is 1. The molecule has 1 aromatic carbocycles. The van der Waals surface area contributed by atoms with Crippen molar-refractivity contribution in [2.75, 3.05) is 5.32 Å². The van der Waals surface area contributed by atoms with Crippen molar-refractivity contribution in [3.8, 4) is 11.5 Å². The Bertz CT molecular complexity index is 962. The number of nitro groups is 1. The van der Waals surface area contributed by atoms with Crippen LogP contribution in [0.1, 0.15) is 12.8 Å². The molecule has 0 atom stereocenters. The maximum absolute atomic E-state index is 11.8. The number of rotatable bonds is 5. The highest BCUT2D eigenvalue weighted by atomic mass is 16.6. The minimum atomic E-state index is -0.469. The van der Waals surface area contributed by atoms with Crippen LogP contribution in [-0.4, -0.2) is 25.4 Å². The Morgan fingerprint density at radius 2 is 2.00 bits per heavy atom. The molecule has 3 aromatic rings. The van der Waals surface area contributed by atoms with Gasteiger partial charge in [-0.1, -0.05) is 0 Å². The highest BCUT2D eigenvalue weighted by Gasteiger charge is 2.30. The van der Waals surface area contributed by atoms with Crippen LogP contribution in [0.5, 0.6) is 11.5 Å². The maximum Gasteiger partial charge on any atom is 0.269 e. The van der Waals surface area contributed by atoms with E-state index in [4.69, 9.17) is 4.74 Å². The predicted octanol–water partition coefficient (Wildman–Crippen LogP) is 2.78. The zero-order chi connectivity index (χ0) is 17.4. The number of aromatic nitrogens is 3. The van der Waals surface area contributed by atoms with E-state index in [-0.39, 0.29) is 23.5 Å². The second-order valence-corrected chi connectivity index (χ2v) is 5.72. The van der Waals surface area contributed by atoms with Crippen LogP contribution in [0.4, 0.5) is 11.6 Å². The molecule has 1 saturated carbocycles. The van der Waals surface area contributed by atoms with E-state index in [0.717, 1.165) is 12.8 Å². The number of hydrogen-bond donors (Lipinski definition) is 1. The molecule has 9 heteroatoms. The smallest absolute Gasteiger partial charge is 0.269 e. The molecule has 9 nitrogen and oxygen atoms in total. The number of ether oxygens (including phenoxy) is 1. The Kier molecular flexibility index (Phi) is 3.53. The van der Waals surface area contributed by atoms with Gasteiger partial charge in [-0.05, 0) is 31.0 Å². The fraction of sp³-hybridized carbons (Fsp3) is 0.188. The van der Waals surface area contributed by atoms with Gasteiger partial charge in [-0.3, -0.25) is 20.2 Å². The van der Waals surface area contributed by atoms with Gasteiger partial charge >= 0.3 is 0 Å². The van der Waals surface area contributed by atoms with Gasteiger partial charge in [0, 0.05) is 30.3 Å². The van der Waals surface area contributed by atoms with Gasteiger partial charge in [0.2, 0.25) is 11.9 Å². The first-order chi connectivity index (χ1) is 12.1. The van der Waals surface area contributed by atoms with Crippen LogP contribution in [0.3, 0.4) is 0 Å². The van der Waals surface area contributed by atoms with Gasteiger partial charge < -0.3 is 4.74 Å². The number of nitrogens with zero attached hydrogens (tertiary/aromatic N) is 4. The number of carbonyl (C=O) groups excluding carboxylic acids is 1. The van der Waals surface area contributed by atoms with Gasteiger partial charge in [-0.2, -0.15) is 4.98 Å². The number of non-ortho nitro benzene ring substituents is 1. The lowest BCUT2D eigenvalue weighted by Gasteiger charge is -2.05. The Morgan fingerprint density at radius 1 is 1.24 bits per heavy atom. The highest BCUT2D eigenvalue weighted by molar-refractivity contribution is 5.92. The molecular formula is C16H13N5O4. The summed E-state index contributed by atoms with van der Waals surface area (Å²) in [6.07, 6.45) is 3.48. The average molecular weight is 339 g/mol. The summed E-state index contributed by atoms with van der Waals surface area (Å²) in [6.45, 7) is 0. The van der Waals surface area contributed by atoms with Gasteiger partial charge in [0.1, 0.15) is 11.5 Å². The number of pyridine rings is 1. The SMILES string of the molecule is O=C(Nc1nc2cc(Oc3ccc([N+](=O)[O-])cc3)ccn2n1)C1CC1. The molecule has 126 valence electrons. The number of carbonyl (C=O) groups is 1. The van der Waals surface area contributed by atoms with Gasteiger partial charge in [-0.25, -0.2) is 4.52 Å². The van der Waals surface area contributed by atoms with E-state index in [2.05, 4.69) is 15.4 Å². The summed E-state index contributed by atoms with van der Waals surface area (Å²) < 4.78 is 7.20. The van der Waals surface area contributed by atoms with Gasteiger partial charge in [0.15, 0.2) is 5.65 Å². The zero-order valence-corrected chi connectivity index (χ0v) is 13.0. The molecule has 1 aliphatic carbocycles. The van der Waals surface area contributed by atoms with Crippen LogP contribution < -0.4 is 10.1 Å². The fourth-order valence-electron chi connectivity index (χ4n) is 2.31. The van der Waals surface area contributed by atoms with Crippen LogP contribution >= 0.6 is 0 Å². The second kappa shape index (κ2) is 5.86. The summed E-state index contributed by atoms with van der Waals surface area (Å²) in [4.78, 5) is 26.2. The zero-order valence-electron chi connectivity index (χ0n) is 13.0. The Hall–Kier alpha value is -3.49. The van der Waals surface area contributed by atoms with Crippen molar-refractivity contribution in [1.29, 1.82) is 0 Å². The van der Waals surface area contributed by atoms with Crippen LogP contribution in [0.2, 0.25) is 0 Å². The van der Waals surface area contributed by atoms with E-state index in [1.54, 1.807) is 18.3 Å². The van der Waals surface area contributed by atoms with E-state index in [9.17, 15) is 14.9 Å². The summed E-state index contributed by atoms with van der Waals surface area (Å²) in [5, 5.41) is 17.5. The van der Waals surface area contributed by atoms with Gasteiger partial charge in [0.05, 0.1) is 4.92 Å². The number of hydrogen-bond acceptors (Lipinski definition) is 6. The summed E-state index contributed by atoms with van der Waals surface area (Å²) in [6, 6.07) is 9.14. The van der Waals surface area contributed by atoms with E-state index in [0.29, 0.717) is 17.1 Å².